The molecular formula is C24H27N3O7. The lowest BCUT2D eigenvalue weighted by Gasteiger charge is -2.19. The van der Waals surface area contributed by atoms with Crippen LogP contribution in [0.2, 0.25) is 0 Å². The predicted octanol–water partition coefficient (Wildman–Crippen LogP) is 2.00. The number of rotatable bonds is 8. The predicted molar refractivity (Wildman–Crippen MR) is 122 cm³/mol. The zero-order chi connectivity index (χ0) is 24.8. The summed E-state index contributed by atoms with van der Waals surface area (Å²) >= 11 is 0. The molecule has 10 nitrogen and oxygen atoms in total. The van der Waals surface area contributed by atoms with Gasteiger partial charge in [0, 0.05) is 12.1 Å². The van der Waals surface area contributed by atoms with Crippen molar-refractivity contribution in [2.24, 2.45) is 5.92 Å². The number of carbonyl (C=O) groups is 4. The van der Waals surface area contributed by atoms with Gasteiger partial charge in [-0.25, -0.2) is 0 Å². The molecule has 0 unspecified atom stereocenters. The van der Waals surface area contributed by atoms with E-state index in [1.807, 2.05) is 26.0 Å². The zero-order valence-corrected chi connectivity index (χ0v) is 19.5. The molecule has 10 heteroatoms. The van der Waals surface area contributed by atoms with E-state index in [0.717, 1.165) is 16.1 Å². The summed E-state index contributed by atoms with van der Waals surface area (Å²) in [4.78, 5) is 49.8. The summed E-state index contributed by atoms with van der Waals surface area (Å²) in [5, 5.41) is 3.74. The number of anilines is 1. The minimum atomic E-state index is -0.818. The largest absolute Gasteiger partial charge is 0.496 e. The number of hydrazine groups is 1. The molecule has 34 heavy (non-hydrogen) atoms. The van der Waals surface area contributed by atoms with E-state index in [-0.39, 0.29) is 30.0 Å². The van der Waals surface area contributed by atoms with Crippen LogP contribution in [0, 0.1) is 19.8 Å². The molecule has 2 aromatic carbocycles. The van der Waals surface area contributed by atoms with Gasteiger partial charge in [0.2, 0.25) is 5.91 Å². The number of hydrogen-bond acceptors (Lipinski definition) is 7. The number of aryl methyl sites for hydroxylation is 2. The van der Waals surface area contributed by atoms with Gasteiger partial charge in [0.25, 0.3) is 11.8 Å². The SMILES string of the molecule is COc1cccc(OC)c1C(=O)NN1C[C@H](C(=O)OCC(=O)Nc2ccc(C)cc2C)CC1=O. The van der Waals surface area contributed by atoms with Crippen LogP contribution in [0.5, 0.6) is 11.5 Å². The highest BCUT2D eigenvalue weighted by Gasteiger charge is 2.37. The number of nitrogens with zero attached hydrogens (tertiary/aromatic N) is 1. The van der Waals surface area contributed by atoms with Crippen LogP contribution in [0.3, 0.4) is 0 Å². The van der Waals surface area contributed by atoms with E-state index in [1.165, 1.54) is 14.2 Å². The van der Waals surface area contributed by atoms with E-state index in [2.05, 4.69) is 10.7 Å². The van der Waals surface area contributed by atoms with Gasteiger partial charge in [0.05, 0.1) is 26.7 Å². The Morgan fingerprint density at radius 2 is 1.74 bits per heavy atom. The second-order valence-electron chi connectivity index (χ2n) is 7.86. The Morgan fingerprint density at radius 3 is 2.35 bits per heavy atom. The average molecular weight is 469 g/mol. The fourth-order valence-electron chi connectivity index (χ4n) is 3.62. The Hall–Kier alpha value is -4.08. The van der Waals surface area contributed by atoms with Gasteiger partial charge in [-0.1, -0.05) is 23.8 Å². The third kappa shape index (κ3) is 5.64. The first-order chi connectivity index (χ1) is 16.2. The van der Waals surface area contributed by atoms with Crippen LogP contribution in [0.25, 0.3) is 0 Å². The molecule has 1 atom stereocenters. The van der Waals surface area contributed by atoms with Crippen LogP contribution in [-0.2, 0) is 19.1 Å². The van der Waals surface area contributed by atoms with Gasteiger partial charge in [-0.3, -0.25) is 29.6 Å². The summed E-state index contributed by atoms with van der Waals surface area (Å²) in [5.41, 5.74) is 5.18. The van der Waals surface area contributed by atoms with Crippen LogP contribution >= 0.6 is 0 Å². The molecule has 3 amide bonds. The third-order valence-corrected chi connectivity index (χ3v) is 5.35. The summed E-state index contributed by atoms with van der Waals surface area (Å²) in [6.45, 7) is 3.24. The summed E-state index contributed by atoms with van der Waals surface area (Å²) in [6.07, 6.45) is -0.152. The Kier molecular flexibility index (Phi) is 7.72. The molecular weight excluding hydrogens is 442 g/mol. The van der Waals surface area contributed by atoms with Crippen molar-refractivity contribution in [3.8, 4) is 11.5 Å². The first kappa shape index (κ1) is 24.6. The van der Waals surface area contributed by atoms with Crippen molar-refractivity contribution in [3.63, 3.8) is 0 Å². The highest BCUT2D eigenvalue weighted by molar-refractivity contribution is 6.01. The third-order valence-electron chi connectivity index (χ3n) is 5.35. The van der Waals surface area contributed by atoms with Crippen molar-refractivity contribution in [2.75, 3.05) is 32.7 Å². The van der Waals surface area contributed by atoms with Crippen molar-refractivity contribution in [3.05, 3.63) is 53.1 Å². The molecule has 1 aliphatic rings. The van der Waals surface area contributed by atoms with Crippen molar-refractivity contribution in [1.29, 1.82) is 0 Å². The highest BCUT2D eigenvalue weighted by Crippen LogP contribution is 2.28. The maximum absolute atomic E-state index is 12.8. The molecule has 180 valence electrons. The molecule has 2 N–H and O–H groups in total. The molecule has 2 aromatic rings. The summed E-state index contributed by atoms with van der Waals surface area (Å²) in [7, 11) is 2.82. The smallest absolute Gasteiger partial charge is 0.311 e. The van der Waals surface area contributed by atoms with E-state index in [4.69, 9.17) is 14.2 Å². The molecule has 0 aliphatic carbocycles. The quantitative estimate of drug-likeness (QED) is 0.567. The molecule has 0 radical (unpaired) electrons. The highest BCUT2D eigenvalue weighted by atomic mass is 16.5. The molecule has 1 aliphatic heterocycles. The Balaban J connectivity index is 1.55. The Labute approximate surface area is 197 Å². The van der Waals surface area contributed by atoms with E-state index in [1.54, 1.807) is 24.3 Å². The van der Waals surface area contributed by atoms with Crippen molar-refractivity contribution in [2.45, 2.75) is 20.3 Å². The average Bonchev–Trinajstić information content (AvgIpc) is 3.18. The van der Waals surface area contributed by atoms with E-state index >= 15 is 0 Å². The number of hydrogen-bond donors (Lipinski definition) is 2. The van der Waals surface area contributed by atoms with Crippen LogP contribution in [0.1, 0.15) is 27.9 Å². The topological polar surface area (TPSA) is 123 Å². The van der Waals surface area contributed by atoms with E-state index < -0.39 is 36.2 Å². The second kappa shape index (κ2) is 10.7. The maximum Gasteiger partial charge on any atom is 0.311 e. The van der Waals surface area contributed by atoms with Gasteiger partial charge in [-0.2, -0.15) is 0 Å². The van der Waals surface area contributed by atoms with Crippen LogP contribution in [-0.4, -0.2) is 56.1 Å². The lowest BCUT2D eigenvalue weighted by Crippen LogP contribution is -2.43. The summed E-state index contributed by atoms with van der Waals surface area (Å²) in [5.74, 6) is -2.54. The van der Waals surface area contributed by atoms with Gasteiger partial charge in [0.15, 0.2) is 6.61 Å². The monoisotopic (exact) mass is 469 g/mol. The first-order valence-electron chi connectivity index (χ1n) is 10.6. The van der Waals surface area contributed by atoms with Gasteiger partial charge in [0.1, 0.15) is 17.1 Å². The maximum atomic E-state index is 12.8. The number of esters is 1. The number of methoxy groups -OCH3 is 2. The number of nitrogens with one attached hydrogen (secondary N) is 2. The summed E-state index contributed by atoms with van der Waals surface area (Å²) < 4.78 is 15.5. The molecule has 1 heterocycles. The Bertz CT molecular complexity index is 1090. The molecule has 0 aromatic heterocycles. The van der Waals surface area contributed by atoms with E-state index in [9.17, 15) is 19.2 Å². The number of amides is 3. The van der Waals surface area contributed by atoms with Crippen molar-refractivity contribution < 1.29 is 33.4 Å². The van der Waals surface area contributed by atoms with Gasteiger partial charge in [-0.05, 0) is 37.6 Å². The minimum Gasteiger partial charge on any atom is -0.496 e. The molecule has 1 fully saturated rings. The molecule has 0 saturated carbocycles. The standard InChI is InChI=1S/C24H27N3O7/c1-14-8-9-17(15(2)10-14)25-20(28)13-34-24(31)16-11-21(29)27(12-16)26-23(30)22-18(32-3)6-5-7-19(22)33-4/h5-10,16H,11-13H2,1-4H3,(H,25,28)(H,26,30)/t16-/m1/s1. The summed E-state index contributed by atoms with van der Waals surface area (Å²) in [6, 6.07) is 10.4. The van der Waals surface area contributed by atoms with Gasteiger partial charge in [-0.15, -0.1) is 0 Å². The van der Waals surface area contributed by atoms with Crippen LogP contribution in [0.15, 0.2) is 36.4 Å². The second-order valence-corrected chi connectivity index (χ2v) is 7.86. The fourth-order valence-corrected chi connectivity index (χ4v) is 3.62. The van der Waals surface area contributed by atoms with Crippen LogP contribution < -0.4 is 20.2 Å². The van der Waals surface area contributed by atoms with Crippen molar-refractivity contribution >= 4 is 29.4 Å². The van der Waals surface area contributed by atoms with Gasteiger partial charge < -0.3 is 19.5 Å². The number of ether oxygens (including phenoxy) is 3. The first-order valence-corrected chi connectivity index (χ1v) is 10.6. The van der Waals surface area contributed by atoms with Crippen molar-refractivity contribution in [1.82, 2.24) is 10.4 Å². The van der Waals surface area contributed by atoms with Gasteiger partial charge >= 0.3 is 5.97 Å². The normalized spacial score (nSPS) is 15.0. The minimum absolute atomic E-state index is 0.0838. The zero-order valence-electron chi connectivity index (χ0n) is 19.5. The number of benzene rings is 2. The molecule has 3 rings (SSSR count). The number of carbonyl (C=O) groups excluding carboxylic acids is 4. The fraction of sp³-hybridized carbons (Fsp3) is 0.333. The Morgan fingerprint density at radius 1 is 1.06 bits per heavy atom. The molecule has 0 spiro atoms. The molecule has 1 saturated heterocycles. The lowest BCUT2D eigenvalue weighted by molar-refractivity contribution is -0.151. The van der Waals surface area contributed by atoms with Crippen LogP contribution in [0.4, 0.5) is 5.69 Å². The molecule has 0 bridgehead atoms. The lowest BCUT2D eigenvalue weighted by atomic mass is 10.1. The van der Waals surface area contributed by atoms with E-state index in [0.29, 0.717) is 5.69 Å².